The topological polar surface area (TPSA) is 45.6 Å². The van der Waals surface area contributed by atoms with Crippen molar-refractivity contribution >= 4 is 74.0 Å². The van der Waals surface area contributed by atoms with E-state index in [4.69, 9.17) is 12.2 Å². The Hall–Kier alpha value is -1.81. The number of allylic oxidation sites excluding steroid dienone is 1. The first-order chi connectivity index (χ1) is 14.5. The molecule has 0 unspecified atom stereocenters. The van der Waals surface area contributed by atoms with Crippen molar-refractivity contribution in [2.45, 2.75) is 32.2 Å². The van der Waals surface area contributed by atoms with Gasteiger partial charge in [-0.15, -0.1) is 11.3 Å². The molecule has 0 atom stereocenters. The van der Waals surface area contributed by atoms with Gasteiger partial charge in [-0.25, -0.2) is 0 Å². The predicted molar refractivity (Wildman–Crippen MR) is 132 cm³/mol. The molecule has 1 amide bonds. The molecule has 0 bridgehead atoms. The number of thiocarbonyl (C=S) groups is 1. The molecule has 2 aliphatic heterocycles. The largest absolute Gasteiger partial charge is 0.335 e. The highest BCUT2D eigenvalue weighted by Gasteiger charge is 2.32. The molecule has 4 rings (SSSR count). The van der Waals surface area contributed by atoms with Crippen LogP contribution in [0.4, 0.5) is 5.69 Å². The van der Waals surface area contributed by atoms with Crippen LogP contribution in [0.5, 0.6) is 0 Å². The zero-order valence-corrected chi connectivity index (χ0v) is 20.1. The van der Waals surface area contributed by atoms with Crippen molar-refractivity contribution in [1.29, 1.82) is 0 Å². The molecule has 0 saturated carbocycles. The average Bonchev–Trinajstić information content (AvgIpc) is 3.36. The smallest absolute Gasteiger partial charge is 0.269 e. The molecule has 0 radical (unpaired) electrons. The van der Waals surface area contributed by atoms with Gasteiger partial charge in [0.05, 0.1) is 15.2 Å². The minimum absolute atomic E-state index is 0.0697. The van der Waals surface area contributed by atoms with E-state index in [1.165, 1.54) is 33.7 Å². The molecule has 2 aliphatic rings. The maximum atomic E-state index is 13.0. The summed E-state index contributed by atoms with van der Waals surface area (Å²) in [4.78, 5) is 31.3. The molecular formula is C21H21N3O2S4. The van der Waals surface area contributed by atoms with E-state index in [-0.39, 0.29) is 11.5 Å². The number of rotatable bonds is 4. The second kappa shape index (κ2) is 8.74. The van der Waals surface area contributed by atoms with Crippen LogP contribution >= 0.6 is 47.1 Å². The number of carbonyl (C=O) groups excluding carboxylic acids is 1. The third-order valence-corrected chi connectivity index (χ3v) is 8.76. The summed E-state index contributed by atoms with van der Waals surface area (Å²) < 4.78 is 3.53. The van der Waals surface area contributed by atoms with E-state index >= 15 is 0 Å². The lowest BCUT2D eigenvalue weighted by atomic mass is 10.3. The summed E-state index contributed by atoms with van der Waals surface area (Å²) in [5.74, 6) is -0.111. The monoisotopic (exact) mass is 475 g/mol. The van der Waals surface area contributed by atoms with Crippen molar-refractivity contribution in [3.63, 3.8) is 0 Å². The number of thioether (sulfide) groups is 2. The van der Waals surface area contributed by atoms with E-state index in [1.807, 2.05) is 38.1 Å². The van der Waals surface area contributed by atoms with Crippen LogP contribution in [0, 0.1) is 0 Å². The first-order valence-electron chi connectivity index (χ1n) is 9.74. The average molecular weight is 476 g/mol. The van der Waals surface area contributed by atoms with E-state index in [0.717, 1.165) is 11.6 Å². The maximum Gasteiger partial charge on any atom is 0.269 e. The number of para-hydroxylation sites is 1. The van der Waals surface area contributed by atoms with Gasteiger partial charge in [0.15, 0.2) is 0 Å². The van der Waals surface area contributed by atoms with Crippen molar-refractivity contribution < 1.29 is 4.79 Å². The number of carbonyl (C=O) groups is 1. The standard InChI is InChI=1S/C21H21N3O2S4/c1-4-22-13-9-7-8-10-14(13)28-16(22)12-11-15-18(25)23(5-2)20(29-15)17-19(26)24(6-3)21(27)30-17/h7-12H,4-6H2,1-3H3/b15-11-,16-12+,20-17-. The van der Waals surface area contributed by atoms with Crippen LogP contribution in [0.2, 0.25) is 0 Å². The van der Waals surface area contributed by atoms with Crippen LogP contribution in [-0.4, -0.2) is 32.8 Å². The Balaban J connectivity index is 1.81. The van der Waals surface area contributed by atoms with Gasteiger partial charge in [-0.2, -0.15) is 0 Å². The second-order valence-electron chi connectivity index (χ2n) is 6.55. The Kier molecular flexibility index (Phi) is 6.24. The molecule has 1 aromatic heterocycles. The lowest BCUT2D eigenvalue weighted by Crippen LogP contribution is -2.33. The molecule has 1 saturated heterocycles. The fraction of sp³-hybridized carbons (Fsp3) is 0.286. The van der Waals surface area contributed by atoms with Crippen molar-refractivity contribution in [2.75, 3.05) is 18.0 Å². The van der Waals surface area contributed by atoms with Crippen LogP contribution in [0.15, 0.2) is 45.1 Å². The van der Waals surface area contributed by atoms with E-state index in [0.29, 0.717) is 31.5 Å². The van der Waals surface area contributed by atoms with Crippen LogP contribution in [0.25, 0.3) is 11.0 Å². The van der Waals surface area contributed by atoms with E-state index in [1.54, 1.807) is 21.2 Å². The summed E-state index contributed by atoms with van der Waals surface area (Å²) in [6.45, 7) is 7.83. The molecule has 1 aromatic carbocycles. The van der Waals surface area contributed by atoms with Gasteiger partial charge in [0, 0.05) is 24.5 Å². The summed E-state index contributed by atoms with van der Waals surface area (Å²) in [5.41, 5.74) is 1.12. The van der Waals surface area contributed by atoms with Crippen molar-refractivity contribution in [3.8, 4) is 0 Å². The highest BCUT2D eigenvalue weighted by atomic mass is 32.2. The Labute approximate surface area is 192 Å². The number of thiazole rings is 1. The van der Waals surface area contributed by atoms with Crippen LogP contribution in [-0.2, 0) is 11.3 Å². The second-order valence-corrected chi connectivity index (χ2v) is 10.3. The minimum atomic E-state index is -0.111. The molecule has 156 valence electrons. The number of nitrogens with zero attached hydrogens (tertiary/aromatic N) is 3. The van der Waals surface area contributed by atoms with Crippen LogP contribution < -0.4 is 19.7 Å². The van der Waals surface area contributed by atoms with Gasteiger partial charge in [0.2, 0.25) is 0 Å². The molecule has 30 heavy (non-hydrogen) atoms. The highest BCUT2D eigenvalue weighted by molar-refractivity contribution is 8.30. The summed E-state index contributed by atoms with van der Waals surface area (Å²) in [6, 6.07) is 8.30. The quantitative estimate of drug-likeness (QED) is 0.633. The first kappa shape index (κ1) is 21.4. The SMILES string of the molecule is CCN1C(=O)/C(=c2/s/c(=C\C=C3\Sc4ccccc4N3CC)c(=O)n2CC)SC1=S. The third kappa shape index (κ3) is 3.57. The number of benzene rings is 1. The minimum Gasteiger partial charge on any atom is -0.335 e. The van der Waals surface area contributed by atoms with E-state index < -0.39 is 0 Å². The zero-order valence-electron chi connectivity index (χ0n) is 16.9. The van der Waals surface area contributed by atoms with Crippen molar-refractivity contribution in [2.24, 2.45) is 0 Å². The molecule has 0 spiro atoms. The molecule has 2 aromatic rings. The molecule has 0 N–H and O–H groups in total. The summed E-state index contributed by atoms with van der Waals surface area (Å²) in [5, 5.41) is 1.09. The lowest BCUT2D eigenvalue weighted by Gasteiger charge is -2.17. The Morgan fingerprint density at radius 3 is 2.37 bits per heavy atom. The molecule has 1 fully saturated rings. The van der Waals surface area contributed by atoms with Crippen LogP contribution in [0.3, 0.4) is 0 Å². The normalized spacial score (nSPS) is 20.1. The van der Waals surface area contributed by atoms with Gasteiger partial charge < -0.3 is 4.90 Å². The Bertz CT molecular complexity index is 1240. The number of hydrogen-bond acceptors (Lipinski definition) is 7. The number of hydrogen-bond donors (Lipinski definition) is 0. The van der Waals surface area contributed by atoms with Gasteiger partial charge in [-0.1, -0.05) is 47.9 Å². The highest BCUT2D eigenvalue weighted by Crippen LogP contribution is 2.45. The van der Waals surface area contributed by atoms with Crippen molar-refractivity contribution in [1.82, 2.24) is 9.47 Å². The first-order valence-corrected chi connectivity index (χ1v) is 12.6. The Morgan fingerprint density at radius 1 is 0.967 bits per heavy atom. The number of amides is 1. The lowest BCUT2D eigenvalue weighted by molar-refractivity contribution is -0.120. The fourth-order valence-corrected chi connectivity index (χ4v) is 7.22. The molecule has 5 nitrogen and oxygen atoms in total. The van der Waals surface area contributed by atoms with Gasteiger partial charge in [-0.3, -0.25) is 19.1 Å². The fourth-order valence-electron chi connectivity index (χ4n) is 3.44. The van der Waals surface area contributed by atoms with E-state index in [9.17, 15) is 9.59 Å². The van der Waals surface area contributed by atoms with Gasteiger partial charge >= 0.3 is 0 Å². The van der Waals surface area contributed by atoms with Gasteiger partial charge in [0.25, 0.3) is 11.5 Å². The van der Waals surface area contributed by atoms with E-state index in [2.05, 4.69) is 24.0 Å². The summed E-state index contributed by atoms with van der Waals surface area (Å²) >= 11 is 9.68. The molecule has 3 heterocycles. The molecular weight excluding hydrogens is 455 g/mol. The zero-order chi connectivity index (χ0) is 21.4. The summed E-state index contributed by atoms with van der Waals surface area (Å²) in [6.07, 6.45) is 3.88. The Morgan fingerprint density at radius 2 is 1.70 bits per heavy atom. The number of anilines is 1. The molecule has 0 aliphatic carbocycles. The summed E-state index contributed by atoms with van der Waals surface area (Å²) in [7, 11) is 0. The van der Waals surface area contributed by atoms with Crippen molar-refractivity contribution in [3.05, 3.63) is 54.9 Å². The predicted octanol–water partition coefficient (Wildman–Crippen LogP) is 3.17. The molecule has 9 heteroatoms. The number of aromatic nitrogens is 1. The number of fused-ring (bicyclic) bond motifs is 1. The van der Waals surface area contributed by atoms with Gasteiger partial charge in [0.1, 0.15) is 13.9 Å². The van der Waals surface area contributed by atoms with Crippen LogP contribution in [0.1, 0.15) is 20.8 Å². The van der Waals surface area contributed by atoms with Gasteiger partial charge in [-0.05, 0) is 45.1 Å². The third-order valence-electron chi connectivity index (χ3n) is 4.91. The maximum absolute atomic E-state index is 13.0.